The normalized spacial score (nSPS) is 10.9. The molecule has 0 aromatic heterocycles. The fraction of sp³-hybridized carbons (Fsp3) is 0.200. The van der Waals surface area contributed by atoms with Gasteiger partial charge in [0.05, 0.1) is 5.70 Å². The van der Waals surface area contributed by atoms with Gasteiger partial charge < -0.3 is 11.1 Å². The summed E-state index contributed by atoms with van der Waals surface area (Å²) in [5.41, 5.74) is 5.21. The van der Waals surface area contributed by atoms with E-state index >= 15 is 0 Å². The lowest BCUT2D eigenvalue weighted by Gasteiger charge is -1.86. The predicted molar refractivity (Wildman–Crippen MR) is 31.7 cm³/mol. The zero-order valence-electron chi connectivity index (χ0n) is 4.64. The van der Waals surface area contributed by atoms with Crippen molar-refractivity contribution < 1.29 is 4.79 Å². The van der Waals surface area contributed by atoms with E-state index in [9.17, 15) is 4.79 Å². The maximum Gasteiger partial charge on any atom is 0.175 e. The molecule has 3 N–H and O–H groups in total. The number of ketones is 1. The van der Waals surface area contributed by atoms with Crippen molar-refractivity contribution in [1.82, 2.24) is 0 Å². The number of hydrogen-bond acceptors (Lipinski definition) is 3. The molecule has 0 heterocycles. The van der Waals surface area contributed by atoms with Gasteiger partial charge in [0.1, 0.15) is 0 Å². The Hall–Kier alpha value is -1.12. The molecular formula is C5H8N2O. The first kappa shape index (κ1) is 6.88. The van der Waals surface area contributed by atoms with E-state index in [4.69, 9.17) is 11.1 Å². The Morgan fingerprint density at radius 3 is 2.38 bits per heavy atom. The number of carbonyl (C=O) groups is 1. The molecular weight excluding hydrogens is 104 g/mol. The number of Topliss-reactive ketones (excluding diaryl/α,β-unsaturated/α-hetero) is 1. The van der Waals surface area contributed by atoms with Crippen LogP contribution in [0.2, 0.25) is 0 Å². The Morgan fingerprint density at radius 2 is 2.25 bits per heavy atom. The Balaban J connectivity index is 3.99. The fourth-order valence-electron chi connectivity index (χ4n) is 0.207. The summed E-state index contributed by atoms with van der Waals surface area (Å²) in [6.07, 6.45) is 2.24. The second kappa shape index (κ2) is 2.96. The summed E-state index contributed by atoms with van der Waals surface area (Å²) in [7, 11) is 0. The largest absolute Gasteiger partial charge is 0.396 e. The molecule has 44 valence electrons. The van der Waals surface area contributed by atoms with Gasteiger partial charge in [0.15, 0.2) is 5.78 Å². The van der Waals surface area contributed by atoms with Crippen molar-refractivity contribution in [2.75, 3.05) is 0 Å². The maximum atomic E-state index is 10.2. The molecule has 0 radical (unpaired) electrons. The monoisotopic (exact) mass is 112 g/mol. The summed E-state index contributed by atoms with van der Waals surface area (Å²) in [4.78, 5) is 10.2. The highest BCUT2D eigenvalue weighted by atomic mass is 16.1. The molecule has 0 rings (SSSR count). The van der Waals surface area contributed by atoms with Gasteiger partial charge in [0, 0.05) is 13.1 Å². The Morgan fingerprint density at radius 1 is 1.75 bits per heavy atom. The molecule has 0 atom stereocenters. The van der Waals surface area contributed by atoms with Crippen LogP contribution < -0.4 is 5.73 Å². The van der Waals surface area contributed by atoms with Crippen LogP contribution in [0.3, 0.4) is 0 Å². The lowest BCUT2D eigenvalue weighted by Crippen LogP contribution is -2.06. The maximum absolute atomic E-state index is 10.2. The number of rotatable bonds is 2. The van der Waals surface area contributed by atoms with Crippen molar-refractivity contribution in [3.63, 3.8) is 0 Å². The van der Waals surface area contributed by atoms with E-state index in [0.29, 0.717) is 0 Å². The first-order valence-electron chi connectivity index (χ1n) is 2.15. The van der Waals surface area contributed by atoms with Crippen LogP contribution in [0.4, 0.5) is 0 Å². The Labute approximate surface area is 47.7 Å². The second-order valence-electron chi connectivity index (χ2n) is 1.34. The summed E-state index contributed by atoms with van der Waals surface area (Å²) in [5.74, 6) is -0.200. The lowest BCUT2D eigenvalue weighted by atomic mass is 10.3. The smallest absolute Gasteiger partial charge is 0.175 e. The highest BCUT2D eigenvalue weighted by Gasteiger charge is 1.91. The molecule has 0 saturated heterocycles. The minimum Gasteiger partial charge on any atom is -0.396 e. The summed E-state index contributed by atoms with van der Waals surface area (Å²) in [6.45, 7) is 1.36. The van der Waals surface area contributed by atoms with Crippen molar-refractivity contribution >= 4 is 12.0 Å². The average Bonchev–Trinajstić information content (AvgIpc) is 1.67. The molecule has 0 spiro atoms. The minimum absolute atomic E-state index is 0.125. The zero-order valence-corrected chi connectivity index (χ0v) is 4.64. The van der Waals surface area contributed by atoms with Crippen molar-refractivity contribution in [3.8, 4) is 0 Å². The predicted octanol–water partition coefficient (Wildman–Crippen LogP) is 0.0676. The fourth-order valence-corrected chi connectivity index (χ4v) is 0.207. The average molecular weight is 112 g/mol. The first-order chi connectivity index (χ1) is 3.68. The molecule has 0 aliphatic carbocycles. The molecule has 0 amide bonds. The van der Waals surface area contributed by atoms with Crippen molar-refractivity contribution in [2.45, 2.75) is 6.92 Å². The highest BCUT2D eigenvalue weighted by Crippen LogP contribution is 1.80. The number of nitrogens with one attached hydrogen (secondary N) is 1. The number of nitrogens with two attached hydrogens (primary N) is 1. The van der Waals surface area contributed by atoms with Crippen LogP contribution >= 0.6 is 0 Å². The van der Waals surface area contributed by atoms with Crippen molar-refractivity contribution in [1.29, 1.82) is 5.41 Å². The van der Waals surface area contributed by atoms with Gasteiger partial charge in [-0.3, -0.25) is 4.79 Å². The highest BCUT2D eigenvalue weighted by molar-refractivity contribution is 5.95. The second-order valence-corrected chi connectivity index (χ2v) is 1.34. The summed E-state index contributed by atoms with van der Waals surface area (Å²) in [5, 5.41) is 6.49. The third-order valence-corrected chi connectivity index (χ3v) is 0.669. The van der Waals surface area contributed by atoms with Gasteiger partial charge in [-0.15, -0.1) is 0 Å². The SMILES string of the molecule is CC(=O)/C(N)=C/C=N. The van der Waals surface area contributed by atoms with Gasteiger partial charge in [-0.2, -0.15) is 0 Å². The van der Waals surface area contributed by atoms with E-state index < -0.39 is 0 Å². The molecule has 0 aromatic carbocycles. The molecule has 0 saturated carbocycles. The number of hydrogen-bond donors (Lipinski definition) is 2. The third kappa shape index (κ3) is 2.12. The topological polar surface area (TPSA) is 66.9 Å². The molecule has 0 aromatic rings. The lowest BCUT2D eigenvalue weighted by molar-refractivity contribution is -0.113. The Kier molecular flexibility index (Phi) is 2.54. The van der Waals surface area contributed by atoms with Crippen LogP contribution in [-0.2, 0) is 4.79 Å². The van der Waals surface area contributed by atoms with Gasteiger partial charge in [0.25, 0.3) is 0 Å². The summed E-state index contributed by atoms with van der Waals surface area (Å²) in [6, 6.07) is 0. The summed E-state index contributed by atoms with van der Waals surface area (Å²) >= 11 is 0. The van der Waals surface area contributed by atoms with Crippen LogP contribution in [0.1, 0.15) is 6.92 Å². The van der Waals surface area contributed by atoms with Crippen molar-refractivity contribution in [2.24, 2.45) is 5.73 Å². The third-order valence-electron chi connectivity index (χ3n) is 0.669. The van der Waals surface area contributed by atoms with Crippen molar-refractivity contribution in [3.05, 3.63) is 11.8 Å². The molecule has 0 aliphatic rings. The molecule has 8 heavy (non-hydrogen) atoms. The standard InChI is InChI=1S/C5H8N2O/c1-4(8)5(7)2-3-6/h2-3,6H,7H2,1H3/b5-2-,6-3?. The van der Waals surface area contributed by atoms with Crippen LogP contribution in [0.15, 0.2) is 11.8 Å². The van der Waals surface area contributed by atoms with Gasteiger partial charge in [0.2, 0.25) is 0 Å². The number of carbonyl (C=O) groups excluding carboxylic acids is 1. The van der Waals surface area contributed by atoms with Crippen LogP contribution in [0, 0.1) is 5.41 Å². The minimum atomic E-state index is -0.200. The van der Waals surface area contributed by atoms with E-state index in [1.165, 1.54) is 13.0 Å². The Bertz CT molecular complexity index is 137. The summed E-state index contributed by atoms with van der Waals surface area (Å²) < 4.78 is 0. The van der Waals surface area contributed by atoms with Crippen LogP contribution in [0.25, 0.3) is 0 Å². The van der Waals surface area contributed by atoms with Gasteiger partial charge >= 0.3 is 0 Å². The molecule has 0 unspecified atom stereocenters. The zero-order chi connectivity index (χ0) is 6.57. The van der Waals surface area contributed by atoms with E-state index in [1.807, 2.05) is 0 Å². The molecule has 0 aliphatic heterocycles. The molecule has 0 fully saturated rings. The number of allylic oxidation sites excluding steroid dienone is 2. The first-order valence-corrected chi connectivity index (χ1v) is 2.15. The van der Waals surface area contributed by atoms with Gasteiger partial charge in [-0.25, -0.2) is 0 Å². The van der Waals surface area contributed by atoms with Crippen LogP contribution in [-0.4, -0.2) is 12.0 Å². The van der Waals surface area contributed by atoms with E-state index in [-0.39, 0.29) is 11.5 Å². The molecule has 3 heteroatoms. The van der Waals surface area contributed by atoms with Crippen LogP contribution in [0.5, 0.6) is 0 Å². The quantitative estimate of drug-likeness (QED) is 0.392. The van der Waals surface area contributed by atoms with E-state index in [1.54, 1.807) is 0 Å². The molecule has 0 bridgehead atoms. The van der Waals surface area contributed by atoms with E-state index in [2.05, 4.69) is 0 Å². The van der Waals surface area contributed by atoms with Gasteiger partial charge in [-0.05, 0) is 6.08 Å². The van der Waals surface area contributed by atoms with Gasteiger partial charge in [-0.1, -0.05) is 0 Å². The molecule has 3 nitrogen and oxygen atoms in total. The van der Waals surface area contributed by atoms with E-state index in [0.717, 1.165) is 6.21 Å².